The van der Waals surface area contributed by atoms with E-state index in [1.807, 2.05) is 48.8 Å². The highest BCUT2D eigenvalue weighted by atomic mass is 32.1. The number of thiophene rings is 1. The van der Waals surface area contributed by atoms with Gasteiger partial charge in [0.2, 0.25) is 0 Å². The molecule has 0 saturated heterocycles. The first-order valence-electron chi connectivity index (χ1n) is 7.60. The summed E-state index contributed by atoms with van der Waals surface area (Å²) in [4.78, 5) is 0. The molecule has 0 aliphatic carbocycles. The fraction of sp³-hybridized carbons (Fsp3) is 0.211. The Bertz CT molecular complexity index is 820. The number of nitrogens with one attached hydrogen (secondary N) is 1. The van der Waals surface area contributed by atoms with E-state index < -0.39 is 0 Å². The highest BCUT2D eigenvalue weighted by Gasteiger charge is 2.16. The van der Waals surface area contributed by atoms with Crippen LogP contribution < -0.4 is 10.1 Å². The quantitative estimate of drug-likeness (QED) is 0.726. The number of nitriles is 1. The molecule has 23 heavy (non-hydrogen) atoms. The van der Waals surface area contributed by atoms with E-state index in [1.165, 1.54) is 0 Å². The Morgan fingerprint density at radius 3 is 2.74 bits per heavy atom. The molecule has 1 atom stereocenters. The fourth-order valence-electron chi connectivity index (χ4n) is 2.62. The van der Waals surface area contributed by atoms with Crippen LogP contribution in [0.5, 0.6) is 5.75 Å². The first kappa shape index (κ1) is 15.5. The predicted molar refractivity (Wildman–Crippen MR) is 94.9 cm³/mol. The molecule has 0 radical (unpaired) electrons. The van der Waals surface area contributed by atoms with E-state index >= 15 is 0 Å². The van der Waals surface area contributed by atoms with E-state index in [4.69, 9.17) is 4.74 Å². The van der Waals surface area contributed by atoms with Gasteiger partial charge in [-0.3, -0.25) is 0 Å². The first-order valence-corrected chi connectivity index (χ1v) is 8.48. The van der Waals surface area contributed by atoms with Gasteiger partial charge >= 0.3 is 0 Å². The summed E-state index contributed by atoms with van der Waals surface area (Å²) < 4.78 is 7.37. The van der Waals surface area contributed by atoms with Crippen molar-refractivity contribution in [2.45, 2.75) is 12.5 Å². The molecule has 3 aromatic rings. The SMILES string of the molecule is CNCC[C@H](Oc1ccc(C#N)c2ccsc12)c1ccccc1. The van der Waals surface area contributed by atoms with Crippen LogP contribution >= 0.6 is 11.3 Å². The molecular formula is C19H18N2OS. The minimum atomic E-state index is -0.0121. The maximum atomic E-state index is 9.23. The van der Waals surface area contributed by atoms with E-state index in [1.54, 1.807) is 11.3 Å². The molecule has 0 bridgehead atoms. The third-order valence-corrected chi connectivity index (χ3v) is 4.73. The number of rotatable bonds is 6. The zero-order chi connectivity index (χ0) is 16.1. The van der Waals surface area contributed by atoms with Gasteiger partial charge in [0, 0.05) is 11.8 Å². The van der Waals surface area contributed by atoms with Crippen LogP contribution in [-0.4, -0.2) is 13.6 Å². The lowest BCUT2D eigenvalue weighted by atomic mass is 10.1. The van der Waals surface area contributed by atoms with Crippen molar-refractivity contribution in [3.8, 4) is 11.8 Å². The van der Waals surface area contributed by atoms with Crippen molar-refractivity contribution in [1.82, 2.24) is 5.32 Å². The van der Waals surface area contributed by atoms with Crippen molar-refractivity contribution in [1.29, 1.82) is 5.26 Å². The fourth-order valence-corrected chi connectivity index (χ4v) is 3.49. The van der Waals surface area contributed by atoms with E-state index in [0.29, 0.717) is 5.56 Å². The third-order valence-electron chi connectivity index (χ3n) is 3.80. The van der Waals surface area contributed by atoms with Crippen molar-refractivity contribution < 1.29 is 4.74 Å². The average molecular weight is 322 g/mol. The summed E-state index contributed by atoms with van der Waals surface area (Å²) in [7, 11) is 1.95. The van der Waals surface area contributed by atoms with Crippen LogP contribution in [0.3, 0.4) is 0 Å². The summed E-state index contributed by atoms with van der Waals surface area (Å²) in [5.74, 6) is 0.846. The number of ether oxygens (including phenoxy) is 1. The van der Waals surface area contributed by atoms with Gasteiger partial charge in [0.05, 0.1) is 16.3 Å². The second-order valence-corrected chi connectivity index (χ2v) is 6.21. The van der Waals surface area contributed by atoms with Gasteiger partial charge < -0.3 is 10.1 Å². The monoisotopic (exact) mass is 322 g/mol. The van der Waals surface area contributed by atoms with Gasteiger partial charge in [-0.1, -0.05) is 30.3 Å². The van der Waals surface area contributed by atoms with Gasteiger partial charge in [-0.2, -0.15) is 5.26 Å². The van der Waals surface area contributed by atoms with Crippen LogP contribution in [0.15, 0.2) is 53.9 Å². The van der Waals surface area contributed by atoms with Gasteiger partial charge in [-0.25, -0.2) is 0 Å². The van der Waals surface area contributed by atoms with Crippen molar-refractivity contribution >= 4 is 21.4 Å². The second-order valence-electron chi connectivity index (χ2n) is 5.30. The molecule has 116 valence electrons. The van der Waals surface area contributed by atoms with Gasteiger partial charge in [-0.15, -0.1) is 11.3 Å². The van der Waals surface area contributed by atoms with Gasteiger partial charge in [0.1, 0.15) is 11.9 Å². The number of benzene rings is 2. The van der Waals surface area contributed by atoms with Crippen LogP contribution in [0.1, 0.15) is 23.7 Å². The van der Waals surface area contributed by atoms with Gasteiger partial charge in [0.25, 0.3) is 0 Å². The highest BCUT2D eigenvalue weighted by molar-refractivity contribution is 7.17. The number of hydrogen-bond donors (Lipinski definition) is 1. The van der Waals surface area contributed by atoms with Crippen LogP contribution in [0.2, 0.25) is 0 Å². The summed E-state index contributed by atoms with van der Waals surface area (Å²) in [6.45, 7) is 0.878. The molecule has 0 fully saturated rings. The molecule has 0 aliphatic heterocycles. The Hall–Kier alpha value is -2.35. The van der Waals surface area contributed by atoms with Crippen molar-refractivity contribution in [3.63, 3.8) is 0 Å². The standard InChI is InChI=1S/C19H18N2OS/c1-21-11-9-17(14-5-3-2-4-6-14)22-18-8-7-15(13-20)16-10-12-23-19(16)18/h2-8,10,12,17,21H,9,11H2,1H3/t17-/m0/s1. The van der Waals surface area contributed by atoms with E-state index in [0.717, 1.165) is 34.4 Å². The predicted octanol–water partition coefficient (Wildman–Crippen LogP) is 4.50. The molecule has 3 nitrogen and oxygen atoms in total. The number of nitrogens with zero attached hydrogens (tertiary/aromatic N) is 1. The normalized spacial score (nSPS) is 12.0. The number of fused-ring (bicyclic) bond motifs is 1. The molecule has 4 heteroatoms. The zero-order valence-corrected chi connectivity index (χ0v) is 13.8. The van der Waals surface area contributed by atoms with E-state index in [2.05, 4.69) is 23.5 Å². The van der Waals surface area contributed by atoms with Crippen LogP contribution in [0, 0.1) is 11.3 Å². The minimum Gasteiger partial charge on any atom is -0.484 e. The average Bonchev–Trinajstić information content (AvgIpc) is 3.09. The topological polar surface area (TPSA) is 45.0 Å². The molecular weight excluding hydrogens is 304 g/mol. The minimum absolute atomic E-state index is 0.0121. The molecule has 1 aromatic heterocycles. The van der Waals surface area contributed by atoms with E-state index in [-0.39, 0.29) is 6.10 Å². The summed E-state index contributed by atoms with van der Waals surface area (Å²) in [6.07, 6.45) is 0.870. The Morgan fingerprint density at radius 2 is 2.00 bits per heavy atom. The van der Waals surface area contributed by atoms with Crippen LogP contribution in [0.4, 0.5) is 0 Å². The van der Waals surface area contributed by atoms with Crippen LogP contribution in [0.25, 0.3) is 10.1 Å². The summed E-state index contributed by atoms with van der Waals surface area (Å²) in [6, 6.07) is 18.2. The number of hydrogen-bond acceptors (Lipinski definition) is 4. The van der Waals surface area contributed by atoms with Gasteiger partial charge in [-0.05, 0) is 42.7 Å². The lowest BCUT2D eigenvalue weighted by molar-refractivity contribution is 0.198. The molecule has 1 N–H and O–H groups in total. The molecule has 0 aliphatic rings. The summed E-state index contributed by atoms with van der Waals surface area (Å²) in [5, 5.41) is 15.4. The molecule has 1 heterocycles. The lowest BCUT2D eigenvalue weighted by Crippen LogP contribution is -2.16. The molecule has 3 rings (SSSR count). The van der Waals surface area contributed by atoms with E-state index in [9.17, 15) is 5.26 Å². The maximum Gasteiger partial charge on any atom is 0.138 e. The smallest absolute Gasteiger partial charge is 0.138 e. The third kappa shape index (κ3) is 3.37. The molecule has 0 saturated carbocycles. The zero-order valence-electron chi connectivity index (χ0n) is 13.0. The van der Waals surface area contributed by atoms with Crippen LogP contribution in [-0.2, 0) is 0 Å². The summed E-state index contributed by atoms with van der Waals surface area (Å²) in [5.41, 5.74) is 1.86. The summed E-state index contributed by atoms with van der Waals surface area (Å²) >= 11 is 1.61. The van der Waals surface area contributed by atoms with Crippen molar-refractivity contribution in [3.05, 3.63) is 65.0 Å². The maximum absolute atomic E-state index is 9.23. The Balaban J connectivity index is 1.94. The highest BCUT2D eigenvalue weighted by Crippen LogP contribution is 2.36. The largest absolute Gasteiger partial charge is 0.484 e. The Labute approximate surface area is 140 Å². The van der Waals surface area contributed by atoms with Gasteiger partial charge in [0.15, 0.2) is 0 Å². The lowest BCUT2D eigenvalue weighted by Gasteiger charge is -2.20. The first-order chi connectivity index (χ1) is 11.3. The second kappa shape index (κ2) is 7.28. The molecule has 0 unspecified atom stereocenters. The Kier molecular flexibility index (Phi) is 4.92. The van der Waals surface area contributed by atoms with Crippen molar-refractivity contribution in [2.75, 3.05) is 13.6 Å². The molecule has 2 aromatic carbocycles. The molecule has 0 spiro atoms. The van der Waals surface area contributed by atoms with Crippen molar-refractivity contribution in [2.24, 2.45) is 0 Å². The molecule has 0 amide bonds. The Morgan fingerprint density at radius 1 is 1.17 bits per heavy atom.